The molecule has 0 spiro atoms. The van der Waals surface area contributed by atoms with Gasteiger partial charge in [0.05, 0.1) is 19.3 Å². The van der Waals surface area contributed by atoms with Gasteiger partial charge in [-0.1, -0.05) is 29.8 Å². The highest BCUT2D eigenvalue weighted by Gasteiger charge is 2.26. The normalized spacial score (nSPS) is 13.8. The maximum atomic E-state index is 12.6. The van der Waals surface area contributed by atoms with Crippen LogP contribution in [-0.4, -0.2) is 50.8 Å². The summed E-state index contributed by atoms with van der Waals surface area (Å²) in [5.41, 5.74) is 8.08. The Morgan fingerprint density at radius 2 is 1.86 bits per heavy atom. The van der Waals surface area contributed by atoms with E-state index in [4.69, 9.17) is 15.2 Å². The Hall–Kier alpha value is -1.43. The zero-order chi connectivity index (χ0) is 15.8. The monoisotopic (exact) mass is 294 g/mol. The quantitative estimate of drug-likeness (QED) is 0.789. The van der Waals surface area contributed by atoms with Gasteiger partial charge in [-0.15, -0.1) is 0 Å². The van der Waals surface area contributed by atoms with Crippen molar-refractivity contribution < 1.29 is 14.3 Å². The summed E-state index contributed by atoms with van der Waals surface area (Å²) in [6.45, 7) is 5.39. The molecule has 5 nitrogen and oxygen atoms in total. The predicted octanol–water partition coefficient (Wildman–Crippen LogP) is 1.50. The molecule has 2 N–H and O–H groups in total. The molecule has 0 radical (unpaired) electrons. The Labute approximate surface area is 127 Å². The fourth-order valence-electron chi connectivity index (χ4n) is 2.16. The zero-order valence-corrected chi connectivity index (χ0v) is 13.3. The minimum Gasteiger partial charge on any atom is -0.383 e. The Bertz CT molecular complexity index is 434. The highest BCUT2D eigenvalue weighted by atomic mass is 16.5. The molecule has 2 atom stereocenters. The molecule has 1 amide bonds. The molecule has 0 bridgehead atoms. The predicted molar refractivity (Wildman–Crippen MR) is 83.0 cm³/mol. The zero-order valence-electron chi connectivity index (χ0n) is 13.3. The lowest BCUT2D eigenvalue weighted by Gasteiger charge is -2.31. The van der Waals surface area contributed by atoms with Gasteiger partial charge in [-0.25, -0.2) is 0 Å². The Balaban J connectivity index is 2.84. The Morgan fingerprint density at radius 1 is 1.24 bits per heavy atom. The molecule has 0 aliphatic rings. The standard InChI is InChI=1S/C16H26N2O3/c1-12-5-7-14(8-6-12)15(17)16(19)18(9-10-20-3)13(2)11-21-4/h5-8,13,15H,9-11,17H2,1-4H3. The molecule has 1 aromatic rings. The summed E-state index contributed by atoms with van der Waals surface area (Å²) in [5, 5.41) is 0. The van der Waals surface area contributed by atoms with Gasteiger partial charge in [0, 0.05) is 20.8 Å². The first-order chi connectivity index (χ1) is 10.0. The van der Waals surface area contributed by atoms with Crippen molar-refractivity contribution in [1.82, 2.24) is 4.90 Å². The van der Waals surface area contributed by atoms with Gasteiger partial charge in [0.1, 0.15) is 6.04 Å². The maximum absolute atomic E-state index is 12.6. The molecule has 1 aromatic carbocycles. The van der Waals surface area contributed by atoms with E-state index < -0.39 is 6.04 Å². The van der Waals surface area contributed by atoms with E-state index in [-0.39, 0.29) is 11.9 Å². The molecule has 0 aliphatic carbocycles. The Kier molecular flexibility index (Phi) is 7.36. The second-order valence-corrected chi connectivity index (χ2v) is 5.22. The van der Waals surface area contributed by atoms with Crippen LogP contribution in [0, 0.1) is 6.92 Å². The van der Waals surface area contributed by atoms with Crippen molar-refractivity contribution in [2.75, 3.05) is 34.0 Å². The highest BCUT2D eigenvalue weighted by Crippen LogP contribution is 2.16. The fraction of sp³-hybridized carbons (Fsp3) is 0.562. The van der Waals surface area contributed by atoms with Gasteiger partial charge in [0.25, 0.3) is 0 Å². The number of carbonyl (C=O) groups is 1. The van der Waals surface area contributed by atoms with Crippen LogP contribution in [0.5, 0.6) is 0 Å². The van der Waals surface area contributed by atoms with Crippen molar-refractivity contribution in [3.63, 3.8) is 0 Å². The molecule has 21 heavy (non-hydrogen) atoms. The largest absolute Gasteiger partial charge is 0.383 e. The Morgan fingerprint density at radius 3 is 2.38 bits per heavy atom. The average Bonchev–Trinajstić information content (AvgIpc) is 2.47. The summed E-state index contributed by atoms with van der Waals surface area (Å²) >= 11 is 0. The summed E-state index contributed by atoms with van der Waals surface area (Å²) in [6, 6.07) is 7.00. The molecule has 5 heteroatoms. The van der Waals surface area contributed by atoms with Gasteiger partial charge < -0.3 is 20.1 Å². The third-order valence-corrected chi connectivity index (χ3v) is 3.46. The molecule has 0 saturated carbocycles. The number of rotatable bonds is 8. The number of nitrogens with two attached hydrogens (primary N) is 1. The van der Waals surface area contributed by atoms with Crippen LogP contribution in [0.4, 0.5) is 0 Å². The molecule has 2 unspecified atom stereocenters. The van der Waals surface area contributed by atoms with Crippen molar-refractivity contribution in [2.24, 2.45) is 5.73 Å². The van der Waals surface area contributed by atoms with Crippen LogP contribution in [0.3, 0.4) is 0 Å². The molecular weight excluding hydrogens is 268 g/mol. The molecular formula is C16H26N2O3. The topological polar surface area (TPSA) is 64.8 Å². The van der Waals surface area contributed by atoms with Crippen LogP contribution in [0.2, 0.25) is 0 Å². The van der Waals surface area contributed by atoms with Crippen molar-refractivity contribution in [1.29, 1.82) is 0 Å². The number of hydrogen-bond acceptors (Lipinski definition) is 4. The molecule has 0 heterocycles. The van der Waals surface area contributed by atoms with Gasteiger partial charge in [0.15, 0.2) is 0 Å². The number of ether oxygens (including phenoxy) is 2. The lowest BCUT2D eigenvalue weighted by atomic mass is 10.0. The van der Waals surface area contributed by atoms with Crippen LogP contribution in [0.25, 0.3) is 0 Å². The smallest absolute Gasteiger partial charge is 0.244 e. The average molecular weight is 294 g/mol. The van der Waals surface area contributed by atoms with Crippen LogP contribution in [0.1, 0.15) is 24.1 Å². The lowest BCUT2D eigenvalue weighted by molar-refractivity contribution is -0.136. The summed E-state index contributed by atoms with van der Waals surface area (Å²) < 4.78 is 10.2. The lowest BCUT2D eigenvalue weighted by Crippen LogP contribution is -2.47. The minimum absolute atomic E-state index is 0.0471. The summed E-state index contributed by atoms with van der Waals surface area (Å²) in [4.78, 5) is 14.4. The second-order valence-electron chi connectivity index (χ2n) is 5.22. The SMILES string of the molecule is COCCN(C(=O)C(N)c1ccc(C)cc1)C(C)COC. The van der Waals surface area contributed by atoms with E-state index in [1.807, 2.05) is 38.1 Å². The number of carbonyl (C=O) groups excluding carboxylic acids is 1. The van der Waals surface area contributed by atoms with Gasteiger partial charge in [-0.2, -0.15) is 0 Å². The van der Waals surface area contributed by atoms with E-state index in [2.05, 4.69) is 0 Å². The van der Waals surface area contributed by atoms with Crippen LogP contribution >= 0.6 is 0 Å². The van der Waals surface area contributed by atoms with E-state index in [9.17, 15) is 4.79 Å². The van der Waals surface area contributed by atoms with E-state index in [0.29, 0.717) is 19.8 Å². The van der Waals surface area contributed by atoms with Crippen molar-refractivity contribution >= 4 is 5.91 Å². The highest BCUT2D eigenvalue weighted by molar-refractivity contribution is 5.83. The molecule has 0 aliphatic heterocycles. The van der Waals surface area contributed by atoms with Crippen LogP contribution in [0.15, 0.2) is 24.3 Å². The number of benzene rings is 1. The van der Waals surface area contributed by atoms with Crippen molar-refractivity contribution in [3.8, 4) is 0 Å². The number of methoxy groups -OCH3 is 2. The fourth-order valence-corrected chi connectivity index (χ4v) is 2.16. The first-order valence-corrected chi connectivity index (χ1v) is 7.11. The third kappa shape index (κ3) is 5.12. The van der Waals surface area contributed by atoms with Crippen LogP contribution < -0.4 is 5.73 Å². The number of aryl methyl sites for hydroxylation is 1. The van der Waals surface area contributed by atoms with Gasteiger partial charge in [-0.05, 0) is 19.4 Å². The summed E-state index contributed by atoms with van der Waals surface area (Å²) in [7, 11) is 3.24. The number of nitrogens with zero attached hydrogens (tertiary/aromatic N) is 1. The van der Waals surface area contributed by atoms with Gasteiger partial charge in [-0.3, -0.25) is 4.79 Å². The summed E-state index contributed by atoms with van der Waals surface area (Å²) in [5.74, 6) is -0.111. The number of amides is 1. The number of hydrogen-bond donors (Lipinski definition) is 1. The van der Waals surface area contributed by atoms with E-state index in [1.54, 1.807) is 19.1 Å². The molecule has 0 fully saturated rings. The van der Waals surface area contributed by atoms with E-state index >= 15 is 0 Å². The summed E-state index contributed by atoms with van der Waals surface area (Å²) in [6.07, 6.45) is 0. The third-order valence-electron chi connectivity index (χ3n) is 3.46. The molecule has 0 aromatic heterocycles. The van der Waals surface area contributed by atoms with Crippen molar-refractivity contribution in [3.05, 3.63) is 35.4 Å². The van der Waals surface area contributed by atoms with Crippen LogP contribution in [-0.2, 0) is 14.3 Å². The van der Waals surface area contributed by atoms with Gasteiger partial charge >= 0.3 is 0 Å². The first-order valence-electron chi connectivity index (χ1n) is 7.11. The van der Waals surface area contributed by atoms with Gasteiger partial charge in [0.2, 0.25) is 5.91 Å². The van der Waals surface area contributed by atoms with E-state index in [0.717, 1.165) is 11.1 Å². The molecule has 118 valence electrons. The molecule has 1 rings (SSSR count). The molecule has 0 saturated heterocycles. The maximum Gasteiger partial charge on any atom is 0.244 e. The first kappa shape index (κ1) is 17.6. The van der Waals surface area contributed by atoms with E-state index in [1.165, 1.54) is 0 Å². The van der Waals surface area contributed by atoms with Crippen molar-refractivity contribution in [2.45, 2.75) is 25.9 Å². The second kappa shape index (κ2) is 8.77. The minimum atomic E-state index is -0.665.